The number of hydrogen-bond donors (Lipinski definition) is 0. The van der Waals surface area contributed by atoms with Crippen molar-refractivity contribution in [2.75, 3.05) is 7.11 Å². The van der Waals surface area contributed by atoms with Gasteiger partial charge in [-0.15, -0.1) is 0 Å². The molecule has 1 heterocycles. The maximum absolute atomic E-state index is 13.2. The molecule has 0 saturated heterocycles. The van der Waals surface area contributed by atoms with Crippen LogP contribution in [-0.2, 0) is 4.74 Å². The first-order valence-electron chi connectivity index (χ1n) is 4.01. The van der Waals surface area contributed by atoms with Crippen LogP contribution in [0.25, 0.3) is 0 Å². The number of halogens is 3. The number of esters is 1. The number of rotatable bonds is 2. The second-order valence-corrected chi connectivity index (χ2v) is 2.80. The number of carbonyl (C=O) groups excluding carboxylic acids is 1. The summed E-state index contributed by atoms with van der Waals surface area (Å²) in [4.78, 5) is 14.4. The Labute approximate surface area is 83.9 Å². The van der Waals surface area contributed by atoms with Crippen molar-refractivity contribution in [1.82, 2.24) is 4.98 Å². The molecule has 15 heavy (non-hydrogen) atoms. The summed E-state index contributed by atoms with van der Waals surface area (Å²) in [5, 5.41) is 0. The Morgan fingerprint density at radius 1 is 1.53 bits per heavy atom. The highest BCUT2D eigenvalue weighted by Gasteiger charge is 2.25. The van der Waals surface area contributed by atoms with E-state index in [9.17, 15) is 18.0 Å². The number of alkyl halides is 2. The number of nitrogens with zero attached hydrogens (tertiary/aromatic N) is 1. The number of ether oxygens (including phenoxy) is 1. The van der Waals surface area contributed by atoms with Crippen molar-refractivity contribution in [3.05, 3.63) is 28.8 Å². The van der Waals surface area contributed by atoms with Gasteiger partial charge in [0.15, 0.2) is 0 Å². The fourth-order valence-electron chi connectivity index (χ4n) is 1.12. The van der Waals surface area contributed by atoms with Crippen LogP contribution in [0.15, 0.2) is 6.07 Å². The number of pyridine rings is 1. The van der Waals surface area contributed by atoms with Crippen LogP contribution < -0.4 is 0 Å². The average Bonchev–Trinajstić information content (AvgIpc) is 2.15. The SMILES string of the molecule is COC(=O)c1c(F)cc(C)nc1C(F)F. The van der Waals surface area contributed by atoms with Gasteiger partial charge in [0.2, 0.25) is 0 Å². The molecule has 0 fully saturated rings. The van der Waals surface area contributed by atoms with Gasteiger partial charge in [0.25, 0.3) is 6.43 Å². The molecule has 1 aromatic rings. The number of hydrogen-bond acceptors (Lipinski definition) is 3. The molecule has 0 atom stereocenters. The van der Waals surface area contributed by atoms with E-state index >= 15 is 0 Å². The standard InChI is InChI=1S/C9H8F3NO2/c1-4-3-5(10)6(9(14)15-2)7(13-4)8(11)12/h3,8H,1-2H3. The second kappa shape index (κ2) is 4.29. The van der Waals surface area contributed by atoms with Gasteiger partial charge in [-0.05, 0) is 13.0 Å². The molecule has 0 amide bonds. The van der Waals surface area contributed by atoms with Gasteiger partial charge in [-0.25, -0.2) is 18.0 Å². The van der Waals surface area contributed by atoms with Gasteiger partial charge in [0.05, 0.1) is 7.11 Å². The molecule has 0 bridgehead atoms. The van der Waals surface area contributed by atoms with Gasteiger partial charge in [-0.1, -0.05) is 0 Å². The summed E-state index contributed by atoms with van der Waals surface area (Å²) in [6.07, 6.45) is -3.02. The van der Waals surface area contributed by atoms with Crippen molar-refractivity contribution in [1.29, 1.82) is 0 Å². The van der Waals surface area contributed by atoms with Crippen molar-refractivity contribution in [3.8, 4) is 0 Å². The van der Waals surface area contributed by atoms with Gasteiger partial charge < -0.3 is 4.74 Å². The minimum Gasteiger partial charge on any atom is -0.465 e. The van der Waals surface area contributed by atoms with Crippen LogP contribution in [0.4, 0.5) is 13.2 Å². The van der Waals surface area contributed by atoms with Crippen LogP contribution in [0.5, 0.6) is 0 Å². The Hall–Kier alpha value is -1.59. The summed E-state index contributed by atoms with van der Waals surface area (Å²) in [5.74, 6) is -2.21. The highest BCUT2D eigenvalue weighted by molar-refractivity contribution is 5.90. The molecule has 0 N–H and O–H groups in total. The lowest BCUT2D eigenvalue weighted by atomic mass is 10.1. The molecule has 1 aromatic heterocycles. The fourth-order valence-corrected chi connectivity index (χ4v) is 1.12. The Kier molecular flexibility index (Phi) is 3.28. The molecule has 0 aromatic carbocycles. The van der Waals surface area contributed by atoms with Gasteiger partial charge in [-0.3, -0.25) is 4.98 Å². The molecular formula is C9H8F3NO2. The third-order valence-corrected chi connectivity index (χ3v) is 1.72. The highest BCUT2D eigenvalue weighted by atomic mass is 19.3. The smallest absolute Gasteiger partial charge is 0.342 e. The molecule has 6 heteroatoms. The molecule has 82 valence electrons. The maximum atomic E-state index is 13.2. The van der Waals surface area contributed by atoms with E-state index in [1.165, 1.54) is 6.92 Å². The fraction of sp³-hybridized carbons (Fsp3) is 0.333. The molecule has 0 aliphatic carbocycles. The molecule has 0 radical (unpaired) electrons. The van der Waals surface area contributed by atoms with E-state index in [4.69, 9.17) is 0 Å². The van der Waals surface area contributed by atoms with Crippen LogP contribution in [-0.4, -0.2) is 18.1 Å². The zero-order chi connectivity index (χ0) is 11.6. The molecule has 3 nitrogen and oxygen atoms in total. The van der Waals surface area contributed by atoms with Gasteiger partial charge in [0, 0.05) is 5.69 Å². The van der Waals surface area contributed by atoms with Crippen LogP contribution in [0, 0.1) is 12.7 Å². The molecule has 0 unspecified atom stereocenters. The monoisotopic (exact) mass is 219 g/mol. The average molecular weight is 219 g/mol. The third kappa shape index (κ3) is 2.26. The molecule has 0 aliphatic rings. The Bertz CT molecular complexity index is 393. The first-order valence-corrected chi connectivity index (χ1v) is 4.01. The van der Waals surface area contributed by atoms with E-state index in [1.54, 1.807) is 0 Å². The molecule has 1 rings (SSSR count). The number of aryl methyl sites for hydroxylation is 1. The normalized spacial score (nSPS) is 10.5. The van der Waals surface area contributed by atoms with Gasteiger partial charge in [0.1, 0.15) is 17.1 Å². The van der Waals surface area contributed by atoms with E-state index in [1.807, 2.05) is 0 Å². The van der Waals surface area contributed by atoms with E-state index in [-0.39, 0.29) is 5.69 Å². The lowest BCUT2D eigenvalue weighted by molar-refractivity contribution is 0.0580. The molecular weight excluding hydrogens is 211 g/mol. The van der Waals surface area contributed by atoms with Crippen molar-refractivity contribution in [2.24, 2.45) is 0 Å². The predicted molar refractivity (Wildman–Crippen MR) is 45.2 cm³/mol. The Morgan fingerprint density at radius 2 is 2.13 bits per heavy atom. The third-order valence-electron chi connectivity index (χ3n) is 1.72. The molecule has 0 spiro atoms. The van der Waals surface area contributed by atoms with E-state index in [0.29, 0.717) is 0 Å². The van der Waals surface area contributed by atoms with E-state index in [2.05, 4.69) is 9.72 Å². The molecule has 0 aliphatic heterocycles. The van der Waals surface area contributed by atoms with Crippen molar-refractivity contribution in [3.63, 3.8) is 0 Å². The summed E-state index contributed by atoms with van der Waals surface area (Å²) < 4.78 is 42.3. The van der Waals surface area contributed by atoms with E-state index < -0.39 is 29.5 Å². The highest BCUT2D eigenvalue weighted by Crippen LogP contribution is 2.24. The van der Waals surface area contributed by atoms with Crippen molar-refractivity contribution in [2.45, 2.75) is 13.3 Å². The second-order valence-electron chi connectivity index (χ2n) is 2.80. The first kappa shape index (κ1) is 11.5. The zero-order valence-corrected chi connectivity index (χ0v) is 8.05. The Balaban J connectivity index is 3.40. The summed E-state index contributed by atoms with van der Waals surface area (Å²) in [5.41, 5.74) is -1.62. The van der Waals surface area contributed by atoms with E-state index in [0.717, 1.165) is 13.2 Å². The summed E-state index contributed by atoms with van der Waals surface area (Å²) in [7, 11) is 0.983. The van der Waals surface area contributed by atoms with Crippen LogP contribution >= 0.6 is 0 Å². The van der Waals surface area contributed by atoms with Crippen molar-refractivity contribution < 1.29 is 22.7 Å². The van der Waals surface area contributed by atoms with Gasteiger partial charge in [-0.2, -0.15) is 0 Å². The van der Waals surface area contributed by atoms with Crippen LogP contribution in [0.1, 0.15) is 28.2 Å². The topological polar surface area (TPSA) is 39.2 Å². The van der Waals surface area contributed by atoms with Crippen LogP contribution in [0.2, 0.25) is 0 Å². The van der Waals surface area contributed by atoms with Crippen LogP contribution in [0.3, 0.4) is 0 Å². The minimum atomic E-state index is -3.02. The lowest BCUT2D eigenvalue weighted by Gasteiger charge is -2.08. The maximum Gasteiger partial charge on any atom is 0.342 e. The van der Waals surface area contributed by atoms with Crippen molar-refractivity contribution >= 4 is 5.97 Å². The molecule has 0 saturated carbocycles. The predicted octanol–water partition coefficient (Wildman–Crippen LogP) is 2.25. The summed E-state index contributed by atoms with van der Waals surface area (Å²) in [6, 6.07) is 0.901. The number of aromatic nitrogens is 1. The summed E-state index contributed by atoms with van der Waals surface area (Å²) in [6.45, 7) is 1.36. The lowest BCUT2D eigenvalue weighted by Crippen LogP contribution is -2.12. The van der Waals surface area contributed by atoms with Gasteiger partial charge >= 0.3 is 5.97 Å². The Morgan fingerprint density at radius 3 is 2.60 bits per heavy atom. The number of methoxy groups -OCH3 is 1. The number of carbonyl (C=O) groups is 1. The largest absolute Gasteiger partial charge is 0.465 e. The quantitative estimate of drug-likeness (QED) is 0.716. The zero-order valence-electron chi connectivity index (χ0n) is 8.05. The summed E-state index contributed by atoms with van der Waals surface area (Å²) >= 11 is 0. The first-order chi connectivity index (χ1) is 6.97. The minimum absolute atomic E-state index is 0.0791.